The van der Waals surface area contributed by atoms with Crippen molar-refractivity contribution in [1.82, 2.24) is 19.5 Å². The third-order valence-electron chi connectivity index (χ3n) is 5.35. The summed E-state index contributed by atoms with van der Waals surface area (Å²) in [6.07, 6.45) is 3.74. The van der Waals surface area contributed by atoms with E-state index in [9.17, 15) is 8.42 Å². The Morgan fingerprint density at radius 3 is 2.57 bits per heavy atom. The number of hydrogen-bond acceptors (Lipinski definition) is 6. The molecule has 2 aromatic carbocycles. The van der Waals surface area contributed by atoms with Crippen LogP contribution in [-0.4, -0.2) is 43.4 Å². The number of nitrogens with one attached hydrogen (secondary N) is 2. The Morgan fingerprint density at radius 2 is 1.83 bits per heavy atom. The first-order valence-corrected chi connectivity index (χ1v) is 13.3. The number of rotatable bonds is 10. The van der Waals surface area contributed by atoms with Gasteiger partial charge in [0.05, 0.1) is 12.0 Å². The standard InChI is InChI=1S/C25H26BrN5O3S/c1-3-31-17-23(25(30-31)19-5-4-6-21(15-19)34-2)18-11-12-27-24(16-18)28-13-14-29-35(32,33)22-9-7-20(26)8-10-22/h4-12,15-17,29H,3,13-14H2,1-2H3,(H,27,28). The van der Waals surface area contributed by atoms with E-state index in [2.05, 4.69) is 31.0 Å². The number of halogens is 1. The maximum absolute atomic E-state index is 12.5. The highest BCUT2D eigenvalue weighted by Crippen LogP contribution is 2.33. The van der Waals surface area contributed by atoms with Gasteiger partial charge in [-0.3, -0.25) is 4.68 Å². The number of aromatic nitrogens is 3. The first-order valence-electron chi connectivity index (χ1n) is 11.1. The average molecular weight is 556 g/mol. The summed E-state index contributed by atoms with van der Waals surface area (Å²) in [6.45, 7) is 3.38. The number of pyridine rings is 1. The second-order valence-corrected chi connectivity index (χ2v) is 10.4. The van der Waals surface area contributed by atoms with Crippen LogP contribution in [0, 0.1) is 0 Å². The zero-order valence-electron chi connectivity index (χ0n) is 19.4. The summed E-state index contributed by atoms with van der Waals surface area (Å²) in [6, 6.07) is 18.2. The van der Waals surface area contributed by atoms with Gasteiger partial charge in [-0.05, 0) is 61.0 Å². The summed E-state index contributed by atoms with van der Waals surface area (Å²) < 4.78 is 35.6. The first-order chi connectivity index (χ1) is 16.9. The third kappa shape index (κ3) is 6.08. The molecule has 4 aromatic rings. The molecule has 10 heteroatoms. The predicted octanol–water partition coefficient (Wildman–Crippen LogP) is 4.79. The molecule has 2 heterocycles. The molecular formula is C25H26BrN5O3S. The van der Waals surface area contributed by atoms with Crippen LogP contribution in [0.3, 0.4) is 0 Å². The lowest BCUT2D eigenvalue weighted by molar-refractivity contribution is 0.415. The van der Waals surface area contributed by atoms with Crippen molar-refractivity contribution in [3.05, 3.63) is 77.5 Å². The van der Waals surface area contributed by atoms with Gasteiger partial charge in [0.1, 0.15) is 17.3 Å². The quantitative estimate of drug-likeness (QED) is 0.273. The highest BCUT2D eigenvalue weighted by atomic mass is 79.9. The summed E-state index contributed by atoms with van der Waals surface area (Å²) in [5, 5.41) is 7.95. The molecule has 4 rings (SSSR count). The zero-order chi connectivity index (χ0) is 24.8. The maximum Gasteiger partial charge on any atom is 0.240 e. The molecule has 0 amide bonds. The minimum absolute atomic E-state index is 0.215. The van der Waals surface area contributed by atoms with Gasteiger partial charge in [0.25, 0.3) is 0 Å². The lowest BCUT2D eigenvalue weighted by Crippen LogP contribution is -2.29. The smallest absolute Gasteiger partial charge is 0.240 e. The van der Waals surface area contributed by atoms with Crippen LogP contribution in [0.1, 0.15) is 6.92 Å². The number of aryl methyl sites for hydroxylation is 1. The van der Waals surface area contributed by atoms with Crippen LogP contribution < -0.4 is 14.8 Å². The van der Waals surface area contributed by atoms with Crippen molar-refractivity contribution in [3.63, 3.8) is 0 Å². The minimum atomic E-state index is -3.58. The molecule has 0 saturated heterocycles. The van der Waals surface area contributed by atoms with Crippen LogP contribution in [0.5, 0.6) is 5.75 Å². The molecule has 0 radical (unpaired) electrons. The zero-order valence-corrected chi connectivity index (χ0v) is 21.8. The fourth-order valence-electron chi connectivity index (χ4n) is 3.55. The topological polar surface area (TPSA) is 98.1 Å². The Hall–Kier alpha value is -3.21. The van der Waals surface area contributed by atoms with Gasteiger partial charge < -0.3 is 10.1 Å². The van der Waals surface area contributed by atoms with Crippen LogP contribution in [0.2, 0.25) is 0 Å². The maximum atomic E-state index is 12.5. The van der Waals surface area contributed by atoms with E-state index in [-0.39, 0.29) is 11.4 Å². The number of ether oxygens (including phenoxy) is 1. The van der Waals surface area contributed by atoms with Crippen LogP contribution in [-0.2, 0) is 16.6 Å². The fourth-order valence-corrected chi connectivity index (χ4v) is 4.84. The van der Waals surface area contributed by atoms with E-state index >= 15 is 0 Å². The van der Waals surface area contributed by atoms with Gasteiger partial charge in [0.2, 0.25) is 10.0 Å². The molecule has 0 aliphatic heterocycles. The van der Waals surface area contributed by atoms with Crippen molar-refractivity contribution in [2.45, 2.75) is 18.4 Å². The fraction of sp³-hybridized carbons (Fsp3) is 0.200. The minimum Gasteiger partial charge on any atom is -0.497 e. The lowest BCUT2D eigenvalue weighted by atomic mass is 10.0. The molecule has 0 aliphatic rings. The van der Waals surface area contributed by atoms with E-state index in [0.717, 1.165) is 39.2 Å². The highest BCUT2D eigenvalue weighted by Gasteiger charge is 2.15. The molecule has 0 fully saturated rings. The van der Waals surface area contributed by atoms with Crippen LogP contribution in [0.15, 0.2) is 82.4 Å². The Balaban J connectivity index is 1.48. The monoisotopic (exact) mass is 555 g/mol. The van der Waals surface area contributed by atoms with Gasteiger partial charge in [-0.15, -0.1) is 0 Å². The van der Waals surface area contributed by atoms with Crippen molar-refractivity contribution in [1.29, 1.82) is 0 Å². The molecule has 2 N–H and O–H groups in total. The van der Waals surface area contributed by atoms with E-state index in [4.69, 9.17) is 9.84 Å². The molecule has 0 bridgehead atoms. The summed E-state index contributed by atoms with van der Waals surface area (Å²) >= 11 is 3.31. The molecule has 0 unspecified atom stereocenters. The van der Waals surface area contributed by atoms with Crippen molar-refractivity contribution in [2.24, 2.45) is 0 Å². The van der Waals surface area contributed by atoms with Gasteiger partial charge in [-0.25, -0.2) is 18.1 Å². The van der Waals surface area contributed by atoms with Gasteiger partial charge in [-0.2, -0.15) is 5.10 Å². The Bertz CT molecular complexity index is 1400. The normalized spacial score (nSPS) is 11.4. The molecule has 0 saturated carbocycles. The summed E-state index contributed by atoms with van der Waals surface area (Å²) in [5.74, 6) is 1.41. The average Bonchev–Trinajstić information content (AvgIpc) is 3.32. The summed E-state index contributed by atoms with van der Waals surface area (Å²) in [4.78, 5) is 4.60. The first kappa shape index (κ1) is 24.9. The number of methoxy groups -OCH3 is 1. The van der Waals surface area contributed by atoms with Gasteiger partial charge in [-0.1, -0.05) is 28.1 Å². The van der Waals surface area contributed by atoms with Crippen molar-refractivity contribution >= 4 is 31.8 Å². The van der Waals surface area contributed by atoms with Crippen molar-refractivity contribution in [3.8, 4) is 28.1 Å². The molecular weight excluding hydrogens is 530 g/mol. The summed E-state index contributed by atoms with van der Waals surface area (Å²) in [7, 11) is -1.93. The molecule has 0 aliphatic carbocycles. The van der Waals surface area contributed by atoms with E-state index in [1.165, 1.54) is 0 Å². The van der Waals surface area contributed by atoms with Crippen molar-refractivity contribution < 1.29 is 13.2 Å². The molecule has 0 spiro atoms. The van der Waals surface area contributed by atoms with Gasteiger partial charge in [0, 0.05) is 47.6 Å². The number of hydrogen-bond donors (Lipinski definition) is 2. The van der Waals surface area contributed by atoms with Crippen LogP contribution in [0.25, 0.3) is 22.4 Å². The van der Waals surface area contributed by atoms with E-state index in [1.54, 1.807) is 37.6 Å². The predicted molar refractivity (Wildman–Crippen MR) is 141 cm³/mol. The van der Waals surface area contributed by atoms with Gasteiger partial charge in [0.15, 0.2) is 0 Å². The lowest BCUT2D eigenvalue weighted by Gasteiger charge is -2.10. The number of nitrogens with zero attached hydrogens (tertiary/aromatic N) is 3. The molecule has 2 aromatic heterocycles. The second kappa shape index (κ2) is 11.0. The van der Waals surface area contributed by atoms with Gasteiger partial charge >= 0.3 is 0 Å². The number of anilines is 1. The number of sulfonamides is 1. The Labute approximate surface area is 213 Å². The number of benzene rings is 2. The molecule has 0 atom stereocenters. The summed E-state index contributed by atoms with van der Waals surface area (Å²) in [5.41, 5.74) is 3.74. The Morgan fingerprint density at radius 1 is 1.03 bits per heavy atom. The SMILES string of the molecule is CCn1cc(-c2ccnc(NCCNS(=O)(=O)c3ccc(Br)cc3)c2)c(-c2cccc(OC)c2)n1. The van der Waals surface area contributed by atoms with Crippen molar-refractivity contribution in [2.75, 3.05) is 25.5 Å². The second-order valence-electron chi connectivity index (χ2n) is 7.69. The highest BCUT2D eigenvalue weighted by molar-refractivity contribution is 9.10. The Kier molecular flexibility index (Phi) is 7.84. The van der Waals surface area contributed by atoms with E-state index in [1.807, 2.05) is 54.2 Å². The molecule has 8 nitrogen and oxygen atoms in total. The molecule has 182 valence electrons. The molecule has 35 heavy (non-hydrogen) atoms. The van der Waals surface area contributed by atoms with E-state index in [0.29, 0.717) is 12.4 Å². The van der Waals surface area contributed by atoms with Crippen LogP contribution >= 0.6 is 15.9 Å². The van der Waals surface area contributed by atoms with E-state index < -0.39 is 10.0 Å². The van der Waals surface area contributed by atoms with Crippen LogP contribution in [0.4, 0.5) is 5.82 Å². The third-order valence-corrected chi connectivity index (χ3v) is 7.35. The largest absolute Gasteiger partial charge is 0.497 e.